The van der Waals surface area contributed by atoms with E-state index in [2.05, 4.69) is 19.9 Å². The van der Waals surface area contributed by atoms with Crippen molar-refractivity contribution in [3.8, 4) is 10.8 Å². The molecule has 3 heterocycles. The Labute approximate surface area is 127 Å². The number of aromatic nitrogens is 3. The van der Waals surface area contributed by atoms with Crippen molar-refractivity contribution in [2.45, 2.75) is 31.8 Å². The van der Waals surface area contributed by atoms with Crippen molar-refractivity contribution in [1.29, 1.82) is 0 Å². The minimum atomic E-state index is -0.239. The number of hydrogen-bond acceptors (Lipinski definition) is 6. The van der Waals surface area contributed by atoms with Gasteiger partial charge in [0, 0.05) is 24.3 Å². The van der Waals surface area contributed by atoms with Gasteiger partial charge in [-0.05, 0) is 25.5 Å². The van der Waals surface area contributed by atoms with E-state index < -0.39 is 0 Å². The molecule has 110 valence electrons. The third-order valence-electron chi connectivity index (χ3n) is 3.62. The molecule has 1 fully saturated rings. The van der Waals surface area contributed by atoms with Crippen LogP contribution in [0.4, 0.5) is 0 Å². The SMILES string of the molecule is NC(=O)C1CCCCN1Cc1csc(-c2ncccn2)n1. The lowest BCUT2D eigenvalue weighted by atomic mass is 10.0. The molecular formula is C14H17N5OS. The van der Waals surface area contributed by atoms with E-state index in [1.807, 2.05) is 5.38 Å². The zero-order chi connectivity index (χ0) is 14.7. The molecule has 0 aliphatic carbocycles. The Hall–Kier alpha value is -1.86. The normalized spacial score (nSPS) is 19.5. The maximum atomic E-state index is 11.5. The molecule has 1 saturated heterocycles. The van der Waals surface area contributed by atoms with Crippen LogP contribution in [0.1, 0.15) is 25.0 Å². The maximum Gasteiger partial charge on any atom is 0.234 e. The van der Waals surface area contributed by atoms with Crippen molar-refractivity contribution >= 4 is 17.2 Å². The molecule has 2 aromatic heterocycles. The number of likely N-dealkylation sites (tertiary alicyclic amines) is 1. The average molecular weight is 303 g/mol. The number of rotatable bonds is 4. The van der Waals surface area contributed by atoms with Crippen LogP contribution in [0.3, 0.4) is 0 Å². The van der Waals surface area contributed by atoms with Crippen molar-refractivity contribution in [3.63, 3.8) is 0 Å². The van der Waals surface area contributed by atoms with E-state index in [0.717, 1.165) is 36.5 Å². The van der Waals surface area contributed by atoms with Crippen LogP contribution in [0.15, 0.2) is 23.8 Å². The Morgan fingerprint density at radius 3 is 2.95 bits per heavy atom. The standard InChI is InChI=1S/C14H17N5OS/c15-12(20)11-4-1-2-7-19(11)8-10-9-21-14(18-10)13-16-5-3-6-17-13/h3,5-6,9,11H,1-2,4,7-8H2,(H2,15,20). The largest absolute Gasteiger partial charge is 0.368 e. The van der Waals surface area contributed by atoms with Gasteiger partial charge in [-0.15, -0.1) is 11.3 Å². The second-order valence-electron chi connectivity index (χ2n) is 5.10. The molecule has 0 radical (unpaired) electrons. The Bertz CT molecular complexity index is 615. The lowest BCUT2D eigenvalue weighted by molar-refractivity contribution is -0.124. The molecule has 3 rings (SSSR count). The maximum absolute atomic E-state index is 11.5. The third-order valence-corrected chi connectivity index (χ3v) is 4.50. The van der Waals surface area contributed by atoms with Gasteiger partial charge < -0.3 is 5.73 Å². The number of carbonyl (C=O) groups excluding carboxylic acids is 1. The summed E-state index contributed by atoms with van der Waals surface area (Å²) >= 11 is 1.52. The first-order valence-electron chi connectivity index (χ1n) is 6.99. The molecule has 21 heavy (non-hydrogen) atoms. The molecule has 0 aromatic carbocycles. The van der Waals surface area contributed by atoms with E-state index in [9.17, 15) is 4.79 Å². The highest BCUT2D eigenvalue weighted by Crippen LogP contribution is 2.23. The Kier molecular flexibility index (Phi) is 4.21. The van der Waals surface area contributed by atoms with Gasteiger partial charge in [0.15, 0.2) is 10.8 Å². The topological polar surface area (TPSA) is 85.0 Å². The average Bonchev–Trinajstić information content (AvgIpc) is 2.97. The van der Waals surface area contributed by atoms with E-state index in [-0.39, 0.29) is 11.9 Å². The Morgan fingerprint density at radius 2 is 2.19 bits per heavy atom. The summed E-state index contributed by atoms with van der Waals surface area (Å²) < 4.78 is 0. The van der Waals surface area contributed by atoms with Crippen LogP contribution in [-0.4, -0.2) is 38.3 Å². The van der Waals surface area contributed by atoms with E-state index in [1.54, 1.807) is 18.5 Å². The fourth-order valence-electron chi connectivity index (χ4n) is 2.60. The van der Waals surface area contributed by atoms with Crippen LogP contribution in [-0.2, 0) is 11.3 Å². The molecule has 1 aliphatic heterocycles. The second-order valence-corrected chi connectivity index (χ2v) is 5.96. The minimum Gasteiger partial charge on any atom is -0.368 e. The molecule has 0 saturated carbocycles. The van der Waals surface area contributed by atoms with Gasteiger partial charge in [-0.25, -0.2) is 15.0 Å². The van der Waals surface area contributed by atoms with Crippen LogP contribution in [0.2, 0.25) is 0 Å². The molecule has 2 N–H and O–H groups in total. The molecule has 6 nitrogen and oxygen atoms in total. The molecule has 1 atom stereocenters. The van der Waals surface area contributed by atoms with Crippen LogP contribution < -0.4 is 5.73 Å². The highest BCUT2D eigenvalue weighted by molar-refractivity contribution is 7.13. The van der Waals surface area contributed by atoms with Gasteiger partial charge in [0.25, 0.3) is 0 Å². The quantitative estimate of drug-likeness (QED) is 0.923. The summed E-state index contributed by atoms with van der Waals surface area (Å²) in [6.07, 6.45) is 6.41. The van der Waals surface area contributed by atoms with Gasteiger partial charge in [-0.1, -0.05) is 6.42 Å². The van der Waals surface area contributed by atoms with Gasteiger partial charge in [0.05, 0.1) is 11.7 Å². The number of carbonyl (C=O) groups is 1. The van der Waals surface area contributed by atoms with Crippen LogP contribution in [0.25, 0.3) is 10.8 Å². The number of amides is 1. The zero-order valence-electron chi connectivity index (χ0n) is 11.6. The minimum absolute atomic E-state index is 0.170. The summed E-state index contributed by atoms with van der Waals surface area (Å²) in [6, 6.07) is 1.61. The summed E-state index contributed by atoms with van der Waals surface area (Å²) in [5.74, 6) is 0.399. The highest BCUT2D eigenvalue weighted by Gasteiger charge is 2.27. The van der Waals surface area contributed by atoms with Crippen molar-refractivity contribution < 1.29 is 4.79 Å². The number of thiazole rings is 1. The first kappa shape index (κ1) is 14.1. The van der Waals surface area contributed by atoms with Crippen LogP contribution in [0, 0.1) is 0 Å². The molecule has 1 unspecified atom stereocenters. The van der Waals surface area contributed by atoms with E-state index in [4.69, 9.17) is 5.73 Å². The smallest absolute Gasteiger partial charge is 0.234 e. The van der Waals surface area contributed by atoms with Crippen LogP contribution >= 0.6 is 11.3 Å². The summed E-state index contributed by atoms with van der Waals surface area (Å²) in [5, 5.41) is 2.80. The molecule has 7 heteroatoms. The fourth-order valence-corrected chi connectivity index (χ4v) is 3.36. The van der Waals surface area contributed by atoms with Crippen molar-refractivity contribution in [1.82, 2.24) is 19.9 Å². The van der Waals surface area contributed by atoms with E-state index in [0.29, 0.717) is 12.4 Å². The summed E-state index contributed by atoms with van der Waals surface area (Å²) in [5.41, 5.74) is 6.43. The lowest BCUT2D eigenvalue weighted by Gasteiger charge is -2.32. The van der Waals surface area contributed by atoms with Gasteiger partial charge in [-0.2, -0.15) is 0 Å². The fraction of sp³-hybridized carbons (Fsp3) is 0.429. The molecule has 1 aliphatic rings. The molecular weight excluding hydrogens is 286 g/mol. The molecule has 2 aromatic rings. The number of nitrogens with two attached hydrogens (primary N) is 1. The number of piperidine rings is 1. The summed E-state index contributed by atoms with van der Waals surface area (Å²) in [7, 11) is 0. The lowest BCUT2D eigenvalue weighted by Crippen LogP contribution is -2.47. The first-order valence-corrected chi connectivity index (χ1v) is 7.87. The molecule has 0 spiro atoms. The van der Waals surface area contributed by atoms with E-state index >= 15 is 0 Å². The number of nitrogens with zero attached hydrogens (tertiary/aromatic N) is 4. The zero-order valence-corrected chi connectivity index (χ0v) is 12.4. The second kappa shape index (κ2) is 6.28. The van der Waals surface area contributed by atoms with Crippen LogP contribution in [0.5, 0.6) is 0 Å². The Morgan fingerprint density at radius 1 is 1.38 bits per heavy atom. The number of primary amides is 1. The number of hydrogen-bond donors (Lipinski definition) is 1. The van der Waals surface area contributed by atoms with Gasteiger partial charge in [-0.3, -0.25) is 9.69 Å². The first-order chi connectivity index (χ1) is 10.2. The van der Waals surface area contributed by atoms with Gasteiger partial charge in [0.1, 0.15) is 0 Å². The van der Waals surface area contributed by atoms with Crippen molar-refractivity contribution in [3.05, 3.63) is 29.5 Å². The van der Waals surface area contributed by atoms with Crippen molar-refractivity contribution in [2.75, 3.05) is 6.54 Å². The molecule has 1 amide bonds. The molecule has 0 bridgehead atoms. The predicted octanol–water partition coefficient (Wildman–Crippen LogP) is 1.44. The van der Waals surface area contributed by atoms with Crippen molar-refractivity contribution in [2.24, 2.45) is 5.73 Å². The van der Waals surface area contributed by atoms with Gasteiger partial charge in [0.2, 0.25) is 5.91 Å². The highest BCUT2D eigenvalue weighted by atomic mass is 32.1. The third kappa shape index (κ3) is 3.25. The predicted molar refractivity (Wildman–Crippen MR) is 80.4 cm³/mol. The van der Waals surface area contributed by atoms with E-state index in [1.165, 1.54) is 11.3 Å². The Balaban J connectivity index is 1.73. The van der Waals surface area contributed by atoms with Gasteiger partial charge >= 0.3 is 0 Å². The monoisotopic (exact) mass is 303 g/mol. The summed E-state index contributed by atoms with van der Waals surface area (Å²) in [6.45, 7) is 1.54. The summed E-state index contributed by atoms with van der Waals surface area (Å²) in [4.78, 5) is 26.6.